The molecule has 4 aliphatic rings. The summed E-state index contributed by atoms with van der Waals surface area (Å²) in [6.07, 6.45) is 28.5. The van der Waals surface area contributed by atoms with E-state index in [9.17, 15) is 0 Å². The Balaban J connectivity index is 1.32. The molecule has 0 radical (unpaired) electrons. The van der Waals surface area contributed by atoms with Crippen LogP contribution in [0.3, 0.4) is 0 Å². The molecule has 33 heavy (non-hydrogen) atoms. The Hall–Kier alpha value is -1.38. The highest BCUT2D eigenvalue weighted by Crippen LogP contribution is 2.35. The molecule has 0 aromatic carbocycles. The molecule has 2 fully saturated rings. The van der Waals surface area contributed by atoms with Gasteiger partial charge in [-0.05, 0) is 67.4 Å². The summed E-state index contributed by atoms with van der Waals surface area (Å²) in [7, 11) is 0. The van der Waals surface area contributed by atoms with E-state index in [4.69, 9.17) is 10.1 Å². The molecule has 3 nitrogen and oxygen atoms in total. The number of rotatable bonds is 4. The lowest BCUT2D eigenvalue weighted by molar-refractivity contribution is 0.212. The van der Waals surface area contributed by atoms with Crippen LogP contribution in [0.2, 0.25) is 0 Å². The van der Waals surface area contributed by atoms with Crippen LogP contribution in [0, 0.1) is 23.7 Å². The van der Waals surface area contributed by atoms with Gasteiger partial charge in [-0.25, -0.2) is 0 Å². The fourth-order valence-corrected chi connectivity index (χ4v) is 6.52. The van der Waals surface area contributed by atoms with Crippen LogP contribution in [-0.2, 0) is 0 Å². The van der Waals surface area contributed by atoms with E-state index in [1.54, 1.807) is 0 Å². The topological polar surface area (TPSA) is 28.0 Å². The Morgan fingerprint density at radius 1 is 0.879 bits per heavy atom. The Morgan fingerprint density at radius 2 is 1.64 bits per heavy atom. The molecule has 1 saturated heterocycles. The summed E-state index contributed by atoms with van der Waals surface area (Å²) >= 11 is 0. The maximum Gasteiger partial charge on any atom is 0.0657 e. The van der Waals surface area contributed by atoms with Crippen LogP contribution < -0.4 is 0 Å². The lowest BCUT2D eigenvalue weighted by atomic mass is 9.84. The Kier molecular flexibility index (Phi) is 9.26. The smallest absolute Gasteiger partial charge is 0.0657 e. The predicted molar refractivity (Wildman–Crippen MR) is 143 cm³/mol. The molecule has 0 N–H and O–H groups in total. The van der Waals surface area contributed by atoms with Crippen molar-refractivity contribution in [3.8, 4) is 0 Å². The van der Waals surface area contributed by atoms with E-state index >= 15 is 0 Å². The van der Waals surface area contributed by atoms with Crippen molar-refractivity contribution >= 4 is 11.9 Å². The maximum atomic E-state index is 5.17. The molecule has 184 valence electrons. The Labute approximate surface area is 203 Å². The van der Waals surface area contributed by atoms with E-state index in [-0.39, 0.29) is 0 Å². The summed E-state index contributed by atoms with van der Waals surface area (Å²) in [6, 6.07) is 1.07. The quantitative estimate of drug-likeness (QED) is 0.426. The normalized spacial score (nSPS) is 32.5. The molecule has 3 heteroatoms. The van der Waals surface area contributed by atoms with E-state index in [1.807, 2.05) is 0 Å². The number of hydrazone groups is 1. The summed E-state index contributed by atoms with van der Waals surface area (Å²) in [5.74, 6) is 2.71. The van der Waals surface area contributed by atoms with Crippen molar-refractivity contribution in [2.75, 3.05) is 6.54 Å². The highest BCUT2D eigenvalue weighted by atomic mass is 15.5. The van der Waals surface area contributed by atoms with Gasteiger partial charge in [0.05, 0.1) is 18.3 Å². The number of hydrogen-bond donors (Lipinski definition) is 0. The number of fused-ring (bicyclic) bond motifs is 2. The van der Waals surface area contributed by atoms with Gasteiger partial charge in [0.2, 0.25) is 0 Å². The van der Waals surface area contributed by atoms with Gasteiger partial charge in [0.15, 0.2) is 0 Å². The zero-order valence-electron chi connectivity index (χ0n) is 21.7. The average Bonchev–Trinajstić information content (AvgIpc) is 2.91. The number of allylic oxidation sites excluding steroid dienone is 2. The van der Waals surface area contributed by atoms with Crippen molar-refractivity contribution in [3.63, 3.8) is 0 Å². The molecule has 0 spiro atoms. The van der Waals surface area contributed by atoms with Gasteiger partial charge in [-0.15, -0.1) is 0 Å². The summed E-state index contributed by atoms with van der Waals surface area (Å²) in [6.45, 7) is 8.15. The second-order valence-electron chi connectivity index (χ2n) is 11.7. The summed E-state index contributed by atoms with van der Waals surface area (Å²) in [4.78, 5) is 5.17. The third kappa shape index (κ3) is 7.06. The largest absolute Gasteiger partial charge is 0.290 e. The first-order chi connectivity index (χ1) is 16.1. The van der Waals surface area contributed by atoms with Crippen LogP contribution >= 0.6 is 0 Å². The van der Waals surface area contributed by atoms with Gasteiger partial charge in [-0.1, -0.05) is 90.7 Å². The Bertz CT molecular complexity index is 731. The standard InChI is InChI=1S/C30H49N3/c1-23(2)29-18-17-26-14-10-12-25(13-11-16-30(26)32-29)20-24(3)27-21-28-15-8-6-4-5-7-9-19-33(28)31-22-27/h17-18,21-26,28,30H,4-16,19-20H2,1-3H3. The minimum Gasteiger partial charge on any atom is -0.290 e. The van der Waals surface area contributed by atoms with E-state index < -0.39 is 0 Å². The fourth-order valence-electron chi connectivity index (χ4n) is 6.52. The first-order valence-corrected chi connectivity index (χ1v) is 14.4. The fraction of sp³-hybridized carbons (Fsp3) is 0.800. The molecule has 0 aromatic heterocycles. The minimum atomic E-state index is 0.536. The monoisotopic (exact) mass is 451 g/mol. The number of aliphatic imine (C=N–C) groups is 1. The Morgan fingerprint density at radius 3 is 2.45 bits per heavy atom. The minimum absolute atomic E-state index is 0.536. The number of dihydropyridines is 1. The summed E-state index contributed by atoms with van der Waals surface area (Å²) in [5.41, 5.74) is 2.83. The van der Waals surface area contributed by atoms with Gasteiger partial charge in [0.25, 0.3) is 0 Å². The van der Waals surface area contributed by atoms with Crippen molar-refractivity contribution in [2.24, 2.45) is 33.8 Å². The average molecular weight is 452 g/mol. The molecule has 0 amide bonds. The van der Waals surface area contributed by atoms with E-state index in [1.165, 1.54) is 101 Å². The number of hydrogen-bond acceptors (Lipinski definition) is 3. The summed E-state index contributed by atoms with van der Waals surface area (Å²) in [5, 5.41) is 7.35. The van der Waals surface area contributed by atoms with Crippen LogP contribution in [0.4, 0.5) is 0 Å². The third-order valence-corrected chi connectivity index (χ3v) is 8.69. The second kappa shape index (κ2) is 12.4. The van der Waals surface area contributed by atoms with Gasteiger partial charge in [-0.2, -0.15) is 5.10 Å². The van der Waals surface area contributed by atoms with Gasteiger partial charge in [0.1, 0.15) is 0 Å². The summed E-state index contributed by atoms with van der Waals surface area (Å²) < 4.78 is 0. The number of nitrogens with zero attached hydrogens (tertiary/aromatic N) is 3. The zero-order chi connectivity index (χ0) is 23.0. The van der Waals surface area contributed by atoms with E-state index in [0.717, 1.165) is 12.5 Å². The maximum absolute atomic E-state index is 5.17. The van der Waals surface area contributed by atoms with Crippen molar-refractivity contribution in [3.05, 3.63) is 23.8 Å². The lowest BCUT2D eigenvalue weighted by Crippen LogP contribution is -2.34. The molecule has 3 heterocycles. The highest BCUT2D eigenvalue weighted by molar-refractivity contribution is 5.97. The van der Waals surface area contributed by atoms with Gasteiger partial charge in [-0.3, -0.25) is 10.0 Å². The lowest BCUT2D eigenvalue weighted by Gasteiger charge is -2.33. The van der Waals surface area contributed by atoms with Crippen molar-refractivity contribution < 1.29 is 0 Å². The molecule has 0 bridgehead atoms. The molecule has 1 saturated carbocycles. The van der Waals surface area contributed by atoms with Crippen LogP contribution in [0.15, 0.2) is 33.9 Å². The highest BCUT2D eigenvalue weighted by Gasteiger charge is 2.27. The van der Waals surface area contributed by atoms with Gasteiger partial charge >= 0.3 is 0 Å². The molecule has 0 aromatic rings. The predicted octanol–water partition coefficient (Wildman–Crippen LogP) is 7.98. The molecule has 4 rings (SSSR count). The van der Waals surface area contributed by atoms with Gasteiger partial charge in [0, 0.05) is 12.3 Å². The molecular weight excluding hydrogens is 402 g/mol. The molecule has 3 aliphatic heterocycles. The first kappa shape index (κ1) is 24.7. The zero-order valence-corrected chi connectivity index (χ0v) is 21.7. The SMILES string of the molecule is CC(C)C1=NC2CCCC(CC(C)C3=CC4CCCCCCCCN4N=C3)CCCC2C=C1. The first-order valence-electron chi connectivity index (χ1n) is 14.4. The van der Waals surface area contributed by atoms with E-state index in [2.05, 4.69) is 50.2 Å². The third-order valence-electron chi connectivity index (χ3n) is 8.69. The van der Waals surface area contributed by atoms with Crippen LogP contribution in [0.25, 0.3) is 0 Å². The van der Waals surface area contributed by atoms with Crippen molar-refractivity contribution in [1.29, 1.82) is 0 Å². The second-order valence-corrected chi connectivity index (χ2v) is 11.7. The van der Waals surface area contributed by atoms with Crippen LogP contribution in [-0.4, -0.2) is 35.6 Å². The van der Waals surface area contributed by atoms with Crippen LogP contribution in [0.5, 0.6) is 0 Å². The van der Waals surface area contributed by atoms with Crippen molar-refractivity contribution in [2.45, 2.75) is 123 Å². The van der Waals surface area contributed by atoms with E-state index in [0.29, 0.717) is 29.8 Å². The molecule has 5 atom stereocenters. The molecule has 5 unspecified atom stereocenters. The van der Waals surface area contributed by atoms with Crippen molar-refractivity contribution in [1.82, 2.24) is 5.01 Å². The molecular formula is C30H49N3. The van der Waals surface area contributed by atoms with Gasteiger partial charge < -0.3 is 0 Å². The molecule has 1 aliphatic carbocycles. The van der Waals surface area contributed by atoms with Crippen LogP contribution in [0.1, 0.15) is 111 Å².